The van der Waals surface area contributed by atoms with E-state index in [0.717, 1.165) is 19.5 Å². The van der Waals surface area contributed by atoms with E-state index < -0.39 is 0 Å². The Morgan fingerprint density at radius 1 is 1.13 bits per heavy atom. The number of hydrogen-bond acceptors (Lipinski definition) is 0. The molecule has 79 valence electrons. The summed E-state index contributed by atoms with van der Waals surface area (Å²) in [5, 5.41) is 4.28. The molecule has 3 heteroatoms. The summed E-state index contributed by atoms with van der Waals surface area (Å²) < 4.78 is 9.50. The van der Waals surface area contributed by atoms with Gasteiger partial charge in [0.15, 0.2) is 0 Å². The van der Waals surface area contributed by atoms with Gasteiger partial charge in [0.1, 0.15) is 0 Å². The van der Waals surface area contributed by atoms with Crippen molar-refractivity contribution in [3.63, 3.8) is 0 Å². The summed E-state index contributed by atoms with van der Waals surface area (Å²) in [6, 6.07) is 10.6. The van der Waals surface area contributed by atoms with E-state index in [1.807, 2.05) is 0 Å². The molecule has 0 unspecified atom stereocenters. The van der Waals surface area contributed by atoms with Crippen LogP contribution in [0.5, 0.6) is 0 Å². The molecule has 1 aromatic carbocycles. The molecule has 0 fully saturated rings. The average Bonchev–Trinajstić information content (AvgIpc) is 2.34. The van der Waals surface area contributed by atoms with E-state index >= 15 is 0 Å². The van der Waals surface area contributed by atoms with Gasteiger partial charge in [0.05, 0.1) is 7.18 Å². The molecule has 0 aromatic heterocycles. The van der Waals surface area contributed by atoms with Crippen molar-refractivity contribution in [1.29, 1.82) is 0 Å². The third-order valence-corrected chi connectivity index (χ3v) is 2.15. The van der Waals surface area contributed by atoms with E-state index in [-0.39, 0.29) is 32.7 Å². The monoisotopic (exact) mass is 281 g/mol. The van der Waals surface area contributed by atoms with Crippen LogP contribution in [0.2, 0.25) is 0 Å². The van der Waals surface area contributed by atoms with Crippen LogP contribution in [0.3, 0.4) is 0 Å². The molecule has 0 amide bonds. The third kappa shape index (κ3) is 5.01. The molecule has 0 N–H and O–H groups in total. The van der Waals surface area contributed by atoms with Crippen LogP contribution < -0.4 is 0 Å². The normalized spacial score (nSPS) is 14.1. The molecule has 2 rings (SSSR count). The van der Waals surface area contributed by atoms with Gasteiger partial charge in [-0.25, -0.2) is 0 Å². The predicted octanol–water partition coefficient (Wildman–Crippen LogP) is 3.43. The van der Waals surface area contributed by atoms with E-state index in [2.05, 4.69) is 41.7 Å². The van der Waals surface area contributed by atoms with Crippen molar-refractivity contribution < 1.29 is 37.1 Å². The first-order valence-corrected chi connectivity index (χ1v) is 4.72. The Hall–Kier alpha value is -0.0461. The summed E-state index contributed by atoms with van der Waals surface area (Å²) in [7, 11) is 0.500. The summed E-state index contributed by atoms with van der Waals surface area (Å²) in [6.07, 6.45) is 3.32. The Morgan fingerprint density at radius 3 is 2.33 bits per heavy atom. The maximum Gasteiger partial charge on any atom is 0.0785 e. The van der Waals surface area contributed by atoms with E-state index in [9.17, 15) is 4.39 Å². The third-order valence-electron chi connectivity index (χ3n) is 2.15. The van der Waals surface area contributed by atoms with Crippen LogP contribution in [0.25, 0.3) is 10.9 Å². The number of halogens is 1. The van der Waals surface area contributed by atoms with Crippen LogP contribution in [0.1, 0.15) is 12.0 Å². The number of alkyl halides is 1. The van der Waals surface area contributed by atoms with Crippen molar-refractivity contribution in [2.75, 3.05) is 20.3 Å². The number of nitrogens with zero attached hydrogens (tertiary/aromatic N) is 1. The minimum Gasteiger partial charge on any atom is -0.659 e. The Bertz CT molecular complexity index is 285. The fourth-order valence-electron chi connectivity index (χ4n) is 1.48. The standard InChI is InChI=1S/C11H12N.CH3F.Y/c1-2-4-10(5-3-1)11-6-8-12-9-7-11;1-2;/h1-6H,7-9H2;1H3;/q-1;;. The largest absolute Gasteiger partial charge is 0.659 e. The van der Waals surface area contributed by atoms with Gasteiger partial charge in [0.25, 0.3) is 0 Å². The van der Waals surface area contributed by atoms with Crippen LogP contribution in [0, 0.1) is 0 Å². The van der Waals surface area contributed by atoms with Gasteiger partial charge in [0.2, 0.25) is 0 Å². The van der Waals surface area contributed by atoms with Crippen LogP contribution in [0.4, 0.5) is 4.39 Å². The second-order valence-corrected chi connectivity index (χ2v) is 2.98. The van der Waals surface area contributed by atoms with E-state index in [0.29, 0.717) is 7.18 Å². The fraction of sp³-hybridized carbons (Fsp3) is 0.333. The molecule has 15 heavy (non-hydrogen) atoms. The zero-order valence-corrected chi connectivity index (χ0v) is 11.8. The van der Waals surface area contributed by atoms with Gasteiger partial charge in [-0.15, -0.1) is 19.2 Å². The van der Waals surface area contributed by atoms with E-state index in [1.54, 1.807) is 0 Å². The van der Waals surface area contributed by atoms with Crippen LogP contribution in [-0.4, -0.2) is 20.3 Å². The first-order valence-electron chi connectivity index (χ1n) is 4.72. The van der Waals surface area contributed by atoms with Crippen molar-refractivity contribution in [2.24, 2.45) is 0 Å². The molecule has 0 spiro atoms. The Balaban J connectivity index is 0.000000617. The predicted molar refractivity (Wildman–Crippen MR) is 59.2 cm³/mol. The van der Waals surface area contributed by atoms with Gasteiger partial charge >= 0.3 is 0 Å². The topological polar surface area (TPSA) is 14.1 Å². The van der Waals surface area contributed by atoms with Gasteiger partial charge in [-0.2, -0.15) is 0 Å². The molecular formula is C12H15FNY-. The molecule has 1 radical (unpaired) electrons. The van der Waals surface area contributed by atoms with Crippen LogP contribution in [-0.2, 0) is 32.7 Å². The minimum absolute atomic E-state index is 0. The summed E-state index contributed by atoms with van der Waals surface area (Å²) in [5.74, 6) is 0. The summed E-state index contributed by atoms with van der Waals surface area (Å²) >= 11 is 0. The van der Waals surface area contributed by atoms with Gasteiger partial charge in [-0.1, -0.05) is 30.3 Å². The maximum atomic E-state index is 9.50. The quantitative estimate of drug-likeness (QED) is 0.748. The van der Waals surface area contributed by atoms with E-state index in [4.69, 9.17) is 0 Å². The van der Waals surface area contributed by atoms with Crippen molar-refractivity contribution >= 4 is 5.57 Å². The molecule has 1 aliphatic heterocycles. The Morgan fingerprint density at radius 2 is 1.80 bits per heavy atom. The molecule has 1 aliphatic rings. The minimum atomic E-state index is 0. The molecule has 1 nitrogen and oxygen atoms in total. The van der Waals surface area contributed by atoms with Gasteiger partial charge < -0.3 is 5.32 Å². The molecule has 0 bridgehead atoms. The zero-order valence-electron chi connectivity index (χ0n) is 8.99. The van der Waals surface area contributed by atoms with Crippen LogP contribution in [0.15, 0.2) is 36.4 Å². The Labute approximate surface area is 116 Å². The zero-order chi connectivity index (χ0) is 10.2. The van der Waals surface area contributed by atoms with Gasteiger partial charge in [-0.3, -0.25) is 4.39 Å². The summed E-state index contributed by atoms with van der Waals surface area (Å²) in [5.41, 5.74) is 2.80. The first-order chi connectivity index (χ1) is 6.97. The average molecular weight is 281 g/mol. The van der Waals surface area contributed by atoms with Crippen molar-refractivity contribution in [3.05, 3.63) is 47.3 Å². The Kier molecular flexibility index (Phi) is 9.17. The molecule has 0 saturated carbocycles. The second kappa shape index (κ2) is 9.20. The number of rotatable bonds is 1. The smallest absolute Gasteiger partial charge is 0.0785 e. The van der Waals surface area contributed by atoms with Gasteiger partial charge in [-0.05, 0) is 17.6 Å². The first kappa shape index (κ1) is 15.0. The van der Waals surface area contributed by atoms with Crippen LogP contribution >= 0.6 is 0 Å². The SMILES string of the molecule is C1=C(c2ccccc2)CC[N-]C1.CF.[Y]. The van der Waals surface area contributed by atoms with Crippen molar-refractivity contribution in [3.8, 4) is 0 Å². The van der Waals surface area contributed by atoms with Crippen molar-refractivity contribution in [1.82, 2.24) is 0 Å². The van der Waals surface area contributed by atoms with Gasteiger partial charge in [0, 0.05) is 32.7 Å². The molecule has 0 atom stereocenters. The van der Waals surface area contributed by atoms with Crippen molar-refractivity contribution in [2.45, 2.75) is 6.42 Å². The molecule has 1 aromatic rings. The molecular weight excluding hydrogens is 266 g/mol. The molecule has 0 saturated heterocycles. The molecule has 1 heterocycles. The summed E-state index contributed by atoms with van der Waals surface area (Å²) in [6.45, 7) is 1.88. The molecule has 0 aliphatic carbocycles. The van der Waals surface area contributed by atoms with E-state index in [1.165, 1.54) is 11.1 Å². The maximum absolute atomic E-state index is 9.50. The fourth-order valence-corrected chi connectivity index (χ4v) is 1.48. The second-order valence-electron chi connectivity index (χ2n) is 2.98. The number of benzene rings is 1. The number of hydrogen-bond donors (Lipinski definition) is 0. The summed E-state index contributed by atoms with van der Waals surface area (Å²) in [4.78, 5) is 0.